The van der Waals surface area contributed by atoms with Crippen molar-refractivity contribution >= 4 is 23.6 Å². The molecule has 2 aromatic rings. The number of nitrogens with zero attached hydrogens (tertiary/aromatic N) is 1. The number of aryl methyl sites for hydroxylation is 1. The van der Waals surface area contributed by atoms with Crippen molar-refractivity contribution in [3.8, 4) is 0 Å². The van der Waals surface area contributed by atoms with Gasteiger partial charge in [-0.15, -0.1) is 0 Å². The van der Waals surface area contributed by atoms with Crippen molar-refractivity contribution in [3.05, 3.63) is 28.4 Å². The van der Waals surface area contributed by atoms with Gasteiger partial charge in [0.25, 0.3) is 0 Å². The van der Waals surface area contributed by atoms with Gasteiger partial charge in [-0.1, -0.05) is 0 Å². The molecule has 0 spiro atoms. The quantitative estimate of drug-likeness (QED) is 0.806. The lowest BCUT2D eigenvalue weighted by Crippen LogP contribution is -2.41. The molecule has 1 saturated heterocycles. The Hall–Kier alpha value is -1.60. The molecule has 1 N–H and O–H groups in total. The summed E-state index contributed by atoms with van der Waals surface area (Å²) in [6.45, 7) is 7.75. The van der Waals surface area contributed by atoms with Crippen LogP contribution in [0.3, 0.4) is 0 Å². The summed E-state index contributed by atoms with van der Waals surface area (Å²) in [5, 5.41) is 0. The van der Waals surface area contributed by atoms with Gasteiger partial charge >= 0.3 is 12.8 Å². The Morgan fingerprint density at radius 1 is 1.19 bits per heavy atom. The fraction of sp³-hybridized carbons (Fsp3) is 0.500. The first kappa shape index (κ1) is 14.3. The molecule has 0 aliphatic carbocycles. The fourth-order valence-electron chi connectivity index (χ4n) is 2.47. The minimum atomic E-state index is -0.655. The topological polar surface area (TPSA) is 56.2 Å². The molecule has 1 fully saturated rings. The molecule has 0 bridgehead atoms. The predicted octanol–water partition coefficient (Wildman–Crippen LogP) is 1.30. The number of hydrogen-bond donors (Lipinski definition) is 1. The molecule has 1 aliphatic heterocycles. The Balaban J connectivity index is 2.09. The third-order valence-electron chi connectivity index (χ3n) is 4.49. The monoisotopic (exact) mass is 292 g/mol. The van der Waals surface area contributed by atoms with Gasteiger partial charge in [-0.3, -0.25) is 4.57 Å². The lowest BCUT2D eigenvalue weighted by atomic mass is 9.79. The van der Waals surface area contributed by atoms with Crippen LogP contribution in [0.4, 0.5) is 4.39 Å². The number of aromatic nitrogens is 2. The summed E-state index contributed by atoms with van der Waals surface area (Å²) < 4.78 is 27.3. The zero-order valence-corrected chi connectivity index (χ0v) is 12.8. The molecule has 0 amide bonds. The van der Waals surface area contributed by atoms with Crippen LogP contribution in [-0.2, 0) is 16.4 Å². The Morgan fingerprint density at radius 3 is 2.33 bits per heavy atom. The van der Waals surface area contributed by atoms with Gasteiger partial charge in [0, 0.05) is 7.05 Å². The Kier molecular flexibility index (Phi) is 2.87. The average molecular weight is 292 g/mol. The molecule has 21 heavy (non-hydrogen) atoms. The summed E-state index contributed by atoms with van der Waals surface area (Å²) >= 11 is 0. The van der Waals surface area contributed by atoms with Gasteiger partial charge in [0.15, 0.2) is 0 Å². The second-order valence-electron chi connectivity index (χ2n) is 6.48. The summed E-state index contributed by atoms with van der Waals surface area (Å²) in [7, 11) is 0.872. The second-order valence-corrected chi connectivity index (χ2v) is 6.48. The maximum Gasteiger partial charge on any atom is 0.495 e. The number of fused-ring (bicyclic) bond motifs is 1. The molecule has 0 unspecified atom stereocenters. The number of benzene rings is 1. The maximum atomic E-state index is 14.3. The van der Waals surface area contributed by atoms with E-state index in [0.717, 1.165) is 0 Å². The molecular weight excluding hydrogens is 274 g/mol. The molecule has 5 nitrogen and oxygen atoms in total. The van der Waals surface area contributed by atoms with E-state index in [4.69, 9.17) is 9.31 Å². The first-order valence-corrected chi connectivity index (χ1v) is 6.86. The number of halogens is 1. The third kappa shape index (κ3) is 2.03. The zero-order valence-electron chi connectivity index (χ0n) is 12.8. The summed E-state index contributed by atoms with van der Waals surface area (Å²) in [5.41, 5.74) is -0.0941. The molecule has 0 saturated carbocycles. The van der Waals surface area contributed by atoms with Gasteiger partial charge < -0.3 is 14.3 Å². The van der Waals surface area contributed by atoms with E-state index in [1.807, 2.05) is 27.7 Å². The maximum absolute atomic E-state index is 14.3. The summed E-state index contributed by atoms with van der Waals surface area (Å²) in [6.07, 6.45) is 0. The molecule has 112 valence electrons. The van der Waals surface area contributed by atoms with Crippen LogP contribution in [0.15, 0.2) is 16.9 Å². The van der Waals surface area contributed by atoms with Gasteiger partial charge in [0.1, 0.15) is 11.3 Å². The van der Waals surface area contributed by atoms with Crippen molar-refractivity contribution in [1.29, 1.82) is 0 Å². The molecule has 1 aromatic heterocycles. The van der Waals surface area contributed by atoms with E-state index in [1.165, 1.54) is 17.7 Å². The molecular formula is C14H18BFN2O3. The number of aromatic amines is 1. The van der Waals surface area contributed by atoms with E-state index in [1.54, 1.807) is 6.07 Å². The van der Waals surface area contributed by atoms with Crippen LogP contribution >= 0.6 is 0 Å². The van der Waals surface area contributed by atoms with E-state index in [0.29, 0.717) is 11.0 Å². The van der Waals surface area contributed by atoms with Crippen LogP contribution in [0.5, 0.6) is 0 Å². The number of H-pyrrole nitrogens is 1. The largest absolute Gasteiger partial charge is 0.495 e. The van der Waals surface area contributed by atoms with Crippen LogP contribution in [0.25, 0.3) is 11.0 Å². The highest BCUT2D eigenvalue weighted by Crippen LogP contribution is 2.36. The smallest absolute Gasteiger partial charge is 0.399 e. The van der Waals surface area contributed by atoms with Gasteiger partial charge in [0.2, 0.25) is 0 Å². The lowest BCUT2D eigenvalue weighted by Gasteiger charge is -2.32. The summed E-state index contributed by atoms with van der Waals surface area (Å²) in [5.74, 6) is -0.474. The molecule has 2 heterocycles. The molecule has 0 radical (unpaired) electrons. The van der Waals surface area contributed by atoms with Crippen molar-refractivity contribution in [1.82, 2.24) is 9.55 Å². The minimum Gasteiger partial charge on any atom is -0.399 e. The third-order valence-corrected chi connectivity index (χ3v) is 4.49. The Labute approximate surface area is 122 Å². The van der Waals surface area contributed by atoms with Crippen molar-refractivity contribution in [2.75, 3.05) is 0 Å². The van der Waals surface area contributed by atoms with Gasteiger partial charge in [-0.05, 0) is 45.3 Å². The zero-order chi connectivity index (χ0) is 15.6. The fourth-order valence-corrected chi connectivity index (χ4v) is 2.47. The van der Waals surface area contributed by atoms with E-state index >= 15 is 0 Å². The van der Waals surface area contributed by atoms with Gasteiger partial charge in [0.05, 0.1) is 16.7 Å². The summed E-state index contributed by atoms with van der Waals surface area (Å²) in [6, 6.07) is 3.06. The number of rotatable bonds is 1. The van der Waals surface area contributed by atoms with E-state index in [2.05, 4.69) is 4.98 Å². The van der Waals surface area contributed by atoms with Crippen LogP contribution < -0.4 is 11.2 Å². The standard InChI is InChI=1S/C14H18BFN2O3/c1-13(2)14(3,4)21-15(20-13)8-6-9(16)11-10(7-8)17-12(19)18(11)5/h6-7H,1-5H3,(H,17,19). The predicted molar refractivity (Wildman–Crippen MR) is 79.2 cm³/mol. The van der Waals surface area contributed by atoms with Crippen LogP contribution in [0.2, 0.25) is 0 Å². The highest BCUT2D eigenvalue weighted by atomic mass is 19.1. The molecule has 1 aromatic carbocycles. The van der Waals surface area contributed by atoms with Crippen molar-refractivity contribution in [3.63, 3.8) is 0 Å². The van der Waals surface area contributed by atoms with Crippen molar-refractivity contribution in [2.24, 2.45) is 7.05 Å². The molecule has 3 rings (SSSR count). The molecule has 1 aliphatic rings. The summed E-state index contributed by atoms with van der Waals surface area (Å²) in [4.78, 5) is 14.2. The normalized spacial score (nSPS) is 20.4. The van der Waals surface area contributed by atoms with Crippen molar-refractivity contribution in [2.45, 2.75) is 38.9 Å². The van der Waals surface area contributed by atoms with E-state index < -0.39 is 24.1 Å². The SMILES string of the molecule is Cn1c(=O)[nH]c2cc(B3OC(C)(C)C(C)(C)O3)cc(F)c21. The number of hydrogen-bond acceptors (Lipinski definition) is 3. The number of imidazole rings is 1. The van der Waals surface area contributed by atoms with Crippen LogP contribution in [0, 0.1) is 5.82 Å². The van der Waals surface area contributed by atoms with E-state index in [9.17, 15) is 9.18 Å². The first-order chi connectivity index (χ1) is 9.62. The van der Waals surface area contributed by atoms with E-state index in [-0.39, 0.29) is 11.2 Å². The van der Waals surface area contributed by atoms with Crippen LogP contribution in [0.1, 0.15) is 27.7 Å². The molecule has 0 atom stereocenters. The Morgan fingerprint density at radius 2 is 1.76 bits per heavy atom. The van der Waals surface area contributed by atoms with Gasteiger partial charge in [-0.2, -0.15) is 0 Å². The minimum absolute atomic E-state index is 0.250. The number of nitrogens with one attached hydrogen (secondary N) is 1. The van der Waals surface area contributed by atoms with Gasteiger partial charge in [-0.25, -0.2) is 9.18 Å². The van der Waals surface area contributed by atoms with Crippen LogP contribution in [-0.4, -0.2) is 27.9 Å². The molecule has 7 heteroatoms. The lowest BCUT2D eigenvalue weighted by molar-refractivity contribution is 0.00578. The van der Waals surface area contributed by atoms with Crippen molar-refractivity contribution < 1.29 is 13.7 Å². The average Bonchev–Trinajstić information content (AvgIpc) is 2.74. The first-order valence-electron chi connectivity index (χ1n) is 6.86. The highest BCUT2D eigenvalue weighted by Gasteiger charge is 2.51. The second kappa shape index (κ2) is 4.21. The highest BCUT2D eigenvalue weighted by molar-refractivity contribution is 6.62. The Bertz CT molecular complexity index is 762.